The maximum absolute atomic E-state index is 12.6. The molecule has 7 heteroatoms. The zero-order valence-electron chi connectivity index (χ0n) is 13.4. The number of rotatable bonds is 5. The van der Waals surface area contributed by atoms with E-state index in [1.165, 1.54) is 11.8 Å². The van der Waals surface area contributed by atoms with E-state index in [-0.39, 0.29) is 5.91 Å². The quantitative estimate of drug-likeness (QED) is 0.704. The van der Waals surface area contributed by atoms with Gasteiger partial charge in [0.25, 0.3) is 5.91 Å². The predicted molar refractivity (Wildman–Crippen MR) is 94.1 cm³/mol. The Labute approximate surface area is 148 Å². The van der Waals surface area contributed by atoms with Crippen molar-refractivity contribution in [2.75, 3.05) is 5.32 Å². The van der Waals surface area contributed by atoms with Crippen LogP contribution in [-0.4, -0.2) is 16.0 Å². The molecule has 0 unspecified atom stereocenters. The molecule has 1 aromatic carbocycles. The summed E-state index contributed by atoms with van der Waals surface area (Å²) in [6.07, 6.45) is 1.64. The molecule has 2 aromatic heterocycles. The van der Waals surface area contributed by atoms with Gasteiger partial charge < -0.3 is 9.84 Å². The van der Waals surface area contributed by atoms with Gasteiger partial charge in [0.2, 0.25) is 0 Å². The molecule has 1 amide bonds. The third-order valence-electron chi connectivity index (χ3n) is 3.30. The first kappa shape index (κ1) is 16.7. The van der Waals surface area contributed by atoms with Gasteiger partial charge in [-0.05, 0) is 37.3 Å². The highest BCUT2D eigenvalue weighted by atomic mass is 32.2. The first-order valence-corrected chi connectivity index (χ1v) is 8.46. The van der Waals surface area contributed by atoms with Gasteiger partial charge in [-0.15, -0.1) is 0 Å². The Balaban J connectivity index is 1.75. The lowest BCUT2D eigenvalue weighted by atomic mass is 10.2. The number of hydrogen-bond acceptors (Lipinski definition) is 6. The van der Waals surface area contributed by atoms with E-state index in [9.17, 15) is 4.79 Å². The number of anilines is 1. The fourth-order valence-corrected chi connectivity index (χ4v) is 3.04. The molecule has 1 N–H and O–H groups in total. The number of carbonyl (C=O) groups excluding carboxylic acids is 1. The monoisotopic (exact) mass is 350 g/mol. The van der Waals surface area contributed by atoms with Crippen molar-refractivity contribution in [3.63, 3.8) is 0 Å². The lowest BCUT2D eigenvalue weighted by Gasteiger charge is -2.08. The minimum absolute atomic E-state index is 0.276. The number of carbonyl (C=O) groups is 1. The maximum atomic E-state index is 12.6. The summed E-state index contributed by atoms with van der Waals surface area (Å²) < 4.78 is 5.04. The van der Waals surface area contributed by atoms with Gasteiger partial charge in [-0.3, -0.25) is 4.79 Å². The number of nitrogens with one attached hydrogen (secondary N) is 1. The molecule has 25 heavy (non-hydrogen) atoms. The van der Waals surface area contributed by atoms with Crippen LogP contribution in [0.25, 0.3) is 0 Å². The molecule has 6 nitrogen and oxygen atoms in total. The minimum atomic E-state index is -0.276. The van der Waals surface area contributed by atoms with Gasteiger partial charge in [-0.1, -0.05) is 23.0 Å². The second-order valence-electron chi connectivity index (χ2n) is 5.22. The zero-order valence-corrected chi connectivity index (χ0v) is 14.2. The number of benzene rings is 1. The van der Waals surface area contributed by atoms with Crippen molar-refractivity contribution < 1.29 is 9.32 Å². The molecule has 124 valence electrons. The van der Waals surface area contributed by atoms with Crippen molar-refractivity contribution in [1.82, 2.24) is 10.1 Å². The summed E-state index contributed by atoms with van der Waals surface area (Å²) in [5, 5.41) is 16.3. The number of hydrogen-bond donors (Lipinski definition) is 1. The summed E-state index contributed by atoms with van der Waals surface area (Å²) in [5.74, 6) is 1.02. The molecule has 2 heterocycles. The van der Waals surface area contributed by atoms with Crippen LogP contribution in [0, 0.1) is 18.3 Å². The second kappa shape index (κ2) is 7.64. The molecule has 0 saturated carbocycles. The molecule has 0 aliphatic carbocycles. The Morgan fingerprint density at radius 3 is 2.96 bits per heavy atom. The van der Waals surface area contributed by atoms with Gasteiger partial charge in [0.05, 0.1) is 22.9 Å². The zero-order chi connectivity index (χ0) is 17.6. The average Bonchev–Trinajstić information content (AvgIpc) is 3.05. The van der Waals surface area contributed by atoms with Crippen molar-refractivity contribution in [2.45, 2.75) is 17.7 Å². The van der Waals surface area contributed by atoms with E-state index in [1.807, 2.05) is 19.1 Å². The fraction of sp³-hybridized carbons (Fsp3) is 0.111. The van der Waals surface area contributed by atoms with E-state index in [1.54, 1.807) is 42.6 Å². The minimum Gasteiger partial charge on any atom is -0.361 e. The standard InChI is InChI=1S/C18H14N4O2S/c1-12-8-15(22-24-12)11-25-18-16(6-3-7-20-18)17(23)21-14-5-2-4-13(9-14)10-19/h2-9H,11H2,1H3,(H,21,23). The third kappa shape index (κ3) is 4.25. The number of thioether (sulfide) groups is 1. The second-order valence-corrected chi connectivity index (χ2v) is 6.18. The molecule has 0 aliphatic heterocycles. The van der Waals surface area contributed by atoms with E-state index in [2.05, 4.69) is 15.5 Å². The summed E-state index contributed by atoms with van der Waals surface area (Å²) >= 11 is 1.41. The van der Waals surface area contributed by atoms with Crippen molar-refractivity contribution in [3.05, 3.63) is 71.2 Å². The number of nitriles is 1. The van der Waals surface area contributed by atoms with E-state index in [4.69, 9.17) is 9.78 Å². The molecular formula is C18H14N4O2S. The lowest BCUT2D eigenvalue weighted by molar-refractivity contribution is 0.102. The van der Waals surface area contributed by atoms with Crippen LogP contribution in [0.2, 0.25) is 0 Å². The lowest BCUT2D eigenvalue weighted by Crippen LogP contribution is -2.13. The number of aryl methyl sites for hydroxylation is 1. The van der Waals surface area contributed by atoms with Crippen LogP contribution in [0.15, 0.2) is 58.2 Å². The summed E-state index contributed by atoms with van der Waals surface area (Å²) in [6.45, 7) is 1.83. The highest BCUT2D eigenvalue weighted by Crippen LogP contribution is 2.25. The van der Waals surface area contributed by atoms with Gasteiger partial charge in [0.1, 0.15) is 10.8 Å². The average molecular weight is 350 g/mol. The third-order valence-corrected chi connectivity index (χ3v) is 4.34. The molecule has 0 bridgehead atoms. The highest BCUT2D eigenvalue weighted by molar-refractivity contribution is 7.98. The Bertz CT molecular complexity index is 946. The van der Waals surface area contributed by atoms with Crippen LogP contribution in [0.1, 0.15) is 27.4 Å². The van der Waals surface area contributed by atoms with Crippen molar-refractivity contribution in [1.29, 1.82) is 5.26 Å². The van der Waals surface area contributed by atoms with E-state index in [0.29, 0.717) is 27.6 Å². The molecule has 0 radical (unpaired) electrons. The van der Waals surface area contributed by atoms with E-state index < -0.39 is 0 Å². The molecule has 0 atom stereocenters. The maximum Gasteiger partial charge on any atom is 0.258 e. The molecule has 3 aromatic rings. The SMILES string of the molecule is Cc1cc(CSc2ncccc2C(=O)Nc2cccc(C#N)c2)no1. The van der Waals surface area contributed by atoms with Gasteiger partial charge in [-0.25, -0.2) is 4.98 Å². The molecule has 0 saturated heterocycles. The summed E-state index contributed by atoms with van der Waals surface area (Å²) in [7, 11) is 0. The molecule has 3 rings (SSSR count). The number of nitrogens with zero attached hydrogens (tertiary/aromatic N) is 3. The van der Waals surface area contributed by atoms with Crippen molar-refractivity contribution in [3.8, 4) is 6.07 Å². The van der Waals surface area contributed by atoms with Crippen LogP contribution in [0.5, 0.6) is 0 Å². The van der Waals surface area contributed by atoms with Crippen LogP contribution in [0.4, 0.5) is 5.69 Å². The van der Waals surface area contributed by atoms with Crippen molar-refractivity contribution in [2.24, 2.45) is 0 Å². The number of amides is 1. The normalized spacial score (nSPS) is 10.2. The van der Waals surface area contributed by atoms with Crippen LogP contribution < -0.4 is 5.32 Å². The Morgan fingerprint density at radius 1 is 1.32 bits per heavy atom. The molecular weight excluding hydrogens is 336 g/mol. The van der Waals surface area contributed by atoms with E-state index >= 15 is 0 Å². The van der Waals surface area contributed by atoms with Crippen molar-refractivity contribution >= 4 is 23.4 Å². The van der Waals surface area contributed by atoms with Gasteiger partial charge in [0, 0.05) is 23.7 Å². The Kier molecular flexibility index (Phi) is 5.11. The number of pyridine rings is 1. The predicted octanol–water partition coefficient (Wildman–Crippen LogP) is 3.79. The largest absolute Gasteiger partial charge is 0.361 e. The van der Waals surface area contributed by atoms with E-state index in [0.717, 1.165) is 11.5 Å². The Morgan fingerprint density at radius 2 is 2.20 bits per heavy atom. The molecule has 0 fully saturated rings. The topological polar surface area (TPSA) is 91.8 Å². The summed E-state index contributed by atoms with van der Waals surface area (Å²) in [4.78, 5) is 16.9. The van der Waals surface area contributed by atoms with Crippen LogP contribution in [0.3, 0.4) is 0 Å². The number of aromatic nitrogens is 2. The van der Waals surface area contributed by atoms with Gasteiger partial charge in [-0.2, -0.15) is 5.26 Å². The van der Waals surface area contributed by atoms with Crippen LogP contribution >= 0.6 is 11.8 Å². The van der Waals surface area contributed by atoms with Gasteiger partial charge >= 0.3 is 0 Å². The first-order chi connectivity index (χ1) is 12.2. The molecule has 0 aliphatic rings. The molecule has 0 spiro atoms. The summed E-state index contributed by atoms with van der Waals surface area (Å²) in [5.41, 5.74) is 2.31. The fourth-order valence-electron chi connectivity index (χ4n) is 2.17. The Hall–Kier alpha value is -3.11. The van der Waals surface area contributed by atoms with Gasteiger partial charge in [0.15, 0.2) is 0 Å². The summed E-state index contributed by atoms with van der Waals surface area (Å²) in [6, 6.07) is 14.1. The first-order valence-electron chi connectivity index (χ1n) is 7.47. The van der Waals surface area contributed by atoms with Crippen LogP contribution in [-0.2, 0) is 5.75 Å². The highest BCUT2D eigenvalue weighted by Gasteiger charge is 2.14. The smallest absolute Gasteiger partial charge is 0.258 e.